The SMILES string of the molecule is C(=C(c1ccccc1)c1ccccc1)c1cc(-c2ccccc2)n[nH]1. The summed E-state index contributed by atoms with van der Waals surface area (Å²) in [4.78, 5) is 0. The summed E-state index contributed by atoms with van der Waals surface area (Å²) in [5.74, 6) is 0. The second kappa shape index (κ2) is 7.02. The van der Waals surface area contributed by atoms with Gasteiger partial charge in [0, 0.05) is 5.56 Å². The summed E-state index contributed by atoms with van der Waals surface area (Å²) >= 11 is 0. The molecule has 0 radical (unpaired) electrons. The maximum absolute atomic E-state index is 4.46. The number of aromatic nitrogens is 2. The minimum Gasteiger partial charge on any atom is -0.278 e. The highest BCUT2D eigenvalue weighted by molar-refractivity contribution is 5.91. The van der Waals surface area contributed by atoms with Gasteiger partial charge < -0.3 is 0 Å². The minimum atomic E-state index is 0.951. The van der Waals surface area contributed by atoms with Crippen molar-refractivity contribution in [2.24, 2.45) is 0 Å². The predicted molar refractivity (Wildman–Crippen MR) is 104 cm³/mol. The molecule has 0 saturated heterocycles. The Kier molecular flexibility index (Phi) is 4.25. The monoisotopic (exact) mass is 322 g/mol. The topological polar surface area (TPSA) is 28.7 Å². The summed E-state index contributed by atoms with van der Waals surface area (Å²) in [6.45, 7) is 0. The van der Waals surface area contributed by atoms with E-state index in [0.29, 0.717) is 0 Å². The van der Waals surface area contributed by atoms with Crippen molar-refractivity contribution in [2.75, 3.05) is 0 Å². The van der Waals surface area contributed by atoms with E-state index in [9.17, 15) is 0 Å². The normalized spacial score (nSPS) is 10.4. The van der Waals surface area contributed by atoms with Gasteiger partial charge in [-0.05, 0) is 28.8 Å². The highest BCUT2D eigenvalue weighted by Crippen LogP contribution is 2.26. The first kappa shape index (κ1) is 15.2. The summed E-state index contributed by atoms with van der Waals surface area (Å²) in [6.07, 6.45) is 2.16. The van der Waals surface area contributed by atoms with E-state index in [-0.39, 0.29) is 0 Å². The Morgan fingerprint density at radius 3 is 1.76 bits per heavy atom. The van der Waals surface area contributed by atoms with Crippen molar-refractivity contribution in [3.8, 4) is 11.3 Å². The first-order chi connectivity index (χ1) is 12.4. The molecule has 1 heterocycles. The number of H-pyrrole nitrogens is 1. The molecule has 0 spiro atoms. The number of nitrogens with zero attached hydrogens (tertiary/aromatic N) is 1. The Bertz CT molecular complexity index is 927. The van der Waals surface area contributed by atoms with Crippen LogP contribution in [-0.4, -0.2) is 10.2 Å². The molecular formula is C23H18N2. The number of hydrogen-bond acceptors (Lipinski definition) is 1. The Morgan fingerprint density at radius 2 is 1.20 bits per heavy atom. The van der Waals surface area contributed by atoms with Crippen molar-refractivity contribution in [3.63, 3.8) is 0 Å². The fraction of sp³-hybridized carbons (Fsp3) is 0. The number of hydrogen-bond donors (Lipinski definition) is 1. The highest BCUT2D eigenvalue weighted by atomic mass is 15.1. The molecule has 1 N–H and O–H groups in total. The highest BCUT2D eigenvalue weighted by Gasteiger charge is 2.07. The first-order valence-electron chi connectivity index (χ1n) is 8.33. The molecule has 0 amide bonds. The van der Waals surface area contributed by atoms with Gasteiger partial charge in [-0.1, -0.05) is 91.0 Å². The largest absolute Gasteiger partial charge is 0.278 e. The fourth-order valence-electron chi connectivity index (χ4n) is 2.89. The van der Waals surface area contributed by atoms with Gasteiger partial charge in [-0.15, -0.1) is 0 Å². The second-order valence-corrected chi connectivity index (χ2v) is 5.86. The molecule has 120 valence electrons. The Hall–Kier alpha value is -3.39. The molecule has 25 heavy (non-hydrogen) atoms. The van der Waals surface area contributed by atoms with Crippen LogP contribution < -0.4 is 0 Å². The summed E-state index contributed by atoms with van der Waals surface area (Å²) in [5, 5.41) is 7.61. The Balaban J connectivity index is 1.77. The van der Waals surface area contributed by atoms with Crippen molar-refractivity contribution in [1.29, 1.82) is 0 Å². The molecule has 0 atom stereocenters. The third kappa shape index (κ3) is 3.43. The van der Waals surface area contributed by atoms with Gasteiger partial charge in [-0.3, -0.25) is 5.10 Å². The summed E-state index contributed by atoms with van der Waals surface area (Å²) in [5.41, 5.74) is 6.59. The van der Waals surface area contributed by atoms with Crippen LogP contribution in [0.5, 0.6) is 0 Å². The van der Waals surface area contributed by atoms with Crippen molar-refractivity contribution in [3.05, 3.63) is 114 Å². The average Bonchev–Trinajstić information content (AvgIpc) is 3.17. The van der Waals surface area contributed by atoms with Crippen LogP contribution in [0.15, 0.2) is 97.1 Å². The minimum absolute atomic E-state index is 0.951. The van der Waals surface area contributed by atoms with Crippen molar-refractivity contribution >= 4 is 11.6 Å². The molecule has 0 aliphatic rings. The van der Waals surface area contributed by atoms with Crippen LogP contribution in [0.3, 0.4) is 0 Å². The van der Waals surface area contributed by atoms with Crippen molar-refractivity contribution in [1.82, 2.24) is 10.2 Å². The molecule has 0 aliphatic heterocycles. The van der Waals surface area contributed by atoms with E-state index in [2.05, 4.69) is 83.0 Å². The molecule has 1 aromatic heterocycles. The van der Waals surface area contributed by atoms with Crippen LogP contribution >= 0.6 is 0 Å². The van der Waals surface area contributed by atoms with Crippen molar-refractivity contribution in [2.45, 2.75) is 0 Å². The number of benzene rings is 3. The van der Waals surface area contributed by atoms with Gasteiger partial charge in [0.1, 0.15) is 0 Å². The summed E-state index contributed by atoms with van der Waals surface area (Å²) in [6, 6.07) is 33.1. The first-order valence-corrected chi connectivity index (χ1v) is 8.33. The fourth-order valence-corrected chi connectivity index (χ4v) is 2.89. The van der Waals surface area contributed by atoms with E-state index >= 15 is 0 Å². The maximum Gasteiger partial charge on any atom is 0.0926 e. The smallest absolute Gasteiger partial charge is 0.0926 e. The molecule has 0 saturated carbocycles. The predicted octanol–water partition coefficient (Wildman–Crippen LogP) is 5.67. The molecule has 2 heteroatoms. The zero-order valence-corrected chi connectivity index (χ0v) is 13.8. The Morgan fingerprint density at radius 1 is 0.680 bits per heavy atom. The van der Waals surface area contributed by atoms with Gasteiger partial charge in [0.05, 0.1) is 11.4 Å². The van der Waals surface area contributed by atoms with Gasteiger partial charge in [0.25, 0.3) is 0 Å². The molecule has 3 aromatic carbocycles. The zero-order chi connectivity index (χ0) is 16.9. The van der Waals surface area contributed by atoms with Gasteiger partial charge in [0.15, 0.2) is 0 Å². The van der Waals surface area contributed by atoms with Crippen LogP contribution in [0.1, 0.15) is 16.8 Å². The standard InChI is InChI=1S/C23H18N2/c1-4-10-18(11-5-1)22(19-12-6-2-7-13-19)16-21-17-23(25-24-21)20-14-8-3-9-15-20/h1-17H,(H,24,25). The summed E-state index contributed by atoms with van der Waals surface area (Å²) in [7, 11) is 0. The second-order valence-electron chi connectivity index (χ2n) is 5.86. The molecule has 0 fully saturated rings. The third-order valence-electron chi connectivity index (χ3n) is 4.14. The van der Waals surface area contributed by atoms with Crippen LogP contribution in [0.25, 0.3) is 22.9 Å². The lowest BCUT2D eigenvalue weighted by Crippen LogP contribution is -1.88. The number of rotatable bonds is 4. The van der Waals surface area contributed by atoms with Crippen LogP contribution in [0.2, 0.25) is 0 Å². The van der Waals surface area contributed by atoms with Gasteiger partial charge in [-0.25, -0.2) is 0 Å². The van der Waals surface area contributed by atoms with Crippen LogP contribution in [-0.2, 0) is 0 Å². The molecule has 0 unspecified atom stereocenters. The molecule has 2 nitrogen and oxygen atoms in total. The van der Waals surface area contributed by atoms with E-state index < -0.39 is 0 Å². The van der Waals surface area contributed by atoms with E-state index in [1.165, 1.54) is 16.7 Å². The lowest BCUT2D eigenvalue weighted by molar-refractivity contribution is 1.08. The quantitative estimate of drug-likeness (QED) is 0.515. The van der Waals surface area contributed by atoms with E-state index in [4.69, 9.17) is 0 Å². The molecule has 4 aromatic rings. The van der Waals surface area contributed by atoms with E-state index in [0.717, 1.165) is 17.0 Å². The lowest BCUT2D eigenvalue weighted by atomic mass is 9.97. The lowest BCUT2D eigenvalue weighted by Gasteiger charge is -2.08. The summed E-state index contributed by atoms with van der Waals surface area (Å²) < 4.78 is 0. The van der Waals surface area contributed by atoms with E-state index in [1.807, 2.05) is 30.3 Å². The van der Waals surface area contributed by atoms with Crippen LogP contribution in [0.4, 0.5) is 0 Å². The Labute approximate surface area is 147 Å². The van der Waals surface area contributed by atoms with Crippen LogP contribution in [0, 0.1) is 0 Å². The average molecular weight is 322 g/mol. The van der Waals surface area contributed by atoms with Gasteiger partial charge in [0.2, 0.25) is 0 Å². The number of aromatic amines is 1. The third-order valence-corrected chi connectivity index (χ3v) is 4.14. The van der Waals surface area contributed by atoms with Crippen molar-refractivity contribution < 1.29 is 0 Å². The number of nitrogens with one attached hydrogen (secondary N) is 1. The molecule has 4 rings (SSSR count). The van der Waals surface area contributed by atoms with E-state index in [1.54, 1.807) is 0 Å². The molecule has 0 aliphatic carbocycles. The molecular weight excluding hydrogens is 304 g/mol. The van der Waals surface area contributed by atoms with Gasteiger partial charge in [-0.2, -0.15) is 5.10 Å². The molecule has 0 bridgehead atoms. The maximum atomic E-state index is 4.46. The van der Waals surface area contributed by atoms with Gasteiger partial charge >= 0.3 is 0 Å². The zero-order valence-electron chi connectivity index (χ0n) is 13.8.